The first-order valence-electron chi connectivity index (χ1n) is 4.84. The van der Waals surface area contributed by atoms with Crippen LogP contribution in [0.5, 0.6) is 0 Å². The van der Waals surface area contributed by atoms with Gasteiger partial charge in [0.05, 0.1) is 5.69 Å². The van der Waals surface area contributed by atoms with Crippen molar-refractivity contribution < 1.29 is 40.7 Å². The van der Waals surface area contributed by atoms with E-state index in [-0.39, 0.29) is 6.42 Å². The van der Waals surface area contributed by atoms with E-state index in [2.05, 4.69) is 9.40 Å². The molecule has 0 aliphatic heterocycles. The minimum absolute atomic E-state index is 0.173. The molecule has 0 radical (unpaired) electrons. The Labute approximate surface area is 102 Å². The lowest BCUT2D eigenvalue weighted by Gasteiger charge is -2.19. The summed E-state index contributed by atoms with van der Waals surface area (Å²) < 4.78 is 78.4. The fourth-order valence-corrected chi connectivity index (χ4v) is 1.37. The van der Waals surface area contributed by atoms with Crippen LogP contribution in [-0.4, -0.2) is 28.4 Å². The molecule has 0 bridgehead atoms. The van der Waals surface area contributed by atoms with Gasteiger partial charge < -0.3 is 9.52 Å². The van der Waals surface area contributed by atoms with E-state index in [0.29, 0.717) is 0 Å². The zero-order valence-corrected chi connectivity index (χ0v) is 9.26. The molecular weight excluding hydrogens is 284 g/mol. The largest absolute Gasteiger partial charge is 0.475 e. The maximum Gasteiger partial charge on any atom is 0.409 e. The van der Waals surface area contributed by atoms with E-state index in [4.69, 9.17) is 5.11 Å². The van der Waals surface area contributed by atoms with E-state index in [9.17, 15) is 31.1 Å². The van der Waals surface area contributed by atoms with E-state index in [1.807, 2.05) is 0 Å². The molecule has 1 rings (SSSR count). The molecule has 1 aromatic rings. The maximum atomic E-state index is 12.4. The summed E-state index contributed by atoms with van der Waals surface area (Å²) in [6.45, 7) is 1.32. The third-order valence-electron chi connectivity index (χ3n) is 2.14. The van der Waals surface area contributed by atoms with Crippen LogP contribution in [0.3, 0.4) is 0 Å². The van der Waals surface area contributed by atoms with Gasteiger partial charge in [0, 0.05) is 0 Å². The summed E-state index contributed by atoms with van der Waals surface area (Å²) in [5, 5.41) is 8.60. The lowest BCUT2D eigenvalue weighted by molar-refractivity contribution is -0.258. The minimum atomic E-state index is -5.68. The lowest BCUT2D eigenvalue weighted by atomic mass is 10.1. The second-order valence-corrected chi connectivity index (χ2v) is 3.50. The van der Waals surface area contributed by atoms with Crippen LogP contribution in [-0.2, 0) is 6.42 Å². The summed E-state index contributed by atoms with van der Waals surface area (Å²) in [5.74, 6) is -8.46. The second-order valence-electron chi connectivity index (χ2n) is 3.50. The molecule has 0 saturated carbocycles. The Morgan fingerprint density at radius 3 is 2.00 bits per heavy atom. The molecule has 4 nitrogen and oxygen atoms in total. The van der Waals surface area contributed by atoms with Gasteiger partial charge in [0.25, 0.3) is 0 Å². The highest BCUT2D eigenvalue weighted by atomic mass is 19.4. The number of rotatable bonds is 3. The SMILES string of the molecule is CCc1nc(C(C(F)(F)F)C(F)(F)F)oc1C(=O)O. The zero-order chi connectivity index (χ0) is 15.0. The van der Waals surface area contributed by atoms with E-state index < -0.39 is 41.6 Å². The number of alkyl halides is 6. The number of aromatic carboxylic acids is 1. The fraction of sp³-hybridized carbons (Fsp3) is 0.556. The molecule has 10 heteroatoms. The quantitative estimate of drug-likeness (QED) is 0.869. The average molecular weight is 291 g/mol. The number of aromatic nitrogens is 1. The third kappa shape index (κ3) is 3.18. The van der Waals surface area contributed by atoms with Crippen LogP contribution in [0.2, 0.25) is 0 Å². The van der Waals surface area contributed by atoms with Crippen molar-refractivity contribution in [1.29, 1.82) is 0 Å². The van der Waals surface area contributed by atoms with E-state index in [1.165, 1.54) is 6.92 Å². The van der Waals surface area contributed by atoms with Gasteiger partial charge in [-0.1, -0.05) is 6.92 Å². The normalized spacial score (nSPS) is 13.1. The first-order chi connectivity index (χ1) is 8.48. The highest BCUT2D eigenvalue weighted by Crippen LogP contribution is 2.46. The Bertz CT molecular complexity index is 461. The van der Waals surface area contributed by atoms with Crippen molar-refractivity contribution in [3.05, 3.63) is 17.3 Å². The van der Waals surface area contributed by atoms with Crippen LogP contribution < -0.4 is 0 Å². The number of nitrogens with zero attached hydrogens (tertiary/aromatic N) is 1. The molecule has 0 aliphatic carbocycles. The Morgan fingerprint density at radius 2 is 1.74 bits per heavy atom. The van der Waals surface area contributed by atoms with Gasteiger partial charge in [-0.2, -0.15) is 26.3 Å². The van der Waals surface area contributed by atoms with Crippen molar-refractivity contribution in [2.75, 3.05) is 0 Å². The predicted molar refractivity (Wildman–Crippen MR) is 47.7 cm³/mol. The number of hydrogen-bond acceptors (Lipinski definition) is 3. The van der Waals surface area contributed by atoms with Gasteiger partial charge in [-0.3, -0.25) is 0 Å². The molecule has 1 aromatic heterocycles. The summed E-state index contributed by atoms with van der Waals surface area (Å²) in [6, 6.07) is 0. The highest BCUT2D eigenvalue weighted by molar-refractivity contribution is 5.85. The Balaban J connectivity index is 3.37. The molecular formula is C9H7F6NO3. The summed E-state index contributed by atoms with van der Waals surface area (Å²) in [7, 11) is 0. The monoisotopic (exact) mass is 291 g/mol. The van der Waals surface area contributed by atoms with Gasteiger partial charge in [0.1, 0.15) is 0 Å². The summed E-state index contributed by atoms with van der Waals surface area (Å²) >= 11 is 0. The molecule has 0 fully saturated rings. The molecule has 0 unspecified atom stereocenters. The predicted octanol–water partition coefficient (Wildman–Crippen LogP) is 3.14. The van der Waals surface area contributed by atoms with Crippen molar-refractivity contribution >= 4 is 5.97 Å². The summed E-state index contributed by atoms with van der Waals surface area (Å²) in [6.07, 6.45) is -11.5. The Kier molecular flexibility index (Phi) is 3.82. The fourth-order valence-electron chi connectivity index (χ4n) is 1.37. The van der Waals surface area contributed by atoms with E-state index in [1.54, 1.807) is 0 Å². The molecule has 0 spiro atoms. The van der Waals surface area contributed by atoms with Crippen molar-refractivity contribution in [3.63, 3.8) is 0 Å². The van der Waals surface area contributed by atoms with Crippen LogP contribution in [0.1, 0.15) is 35.0 Å². The lowest BCUT2D eigenvalue weighted by Crippen LogP contribution is -2.34. The van der Waals surface area contributed by atoms with Crippen molar-refractivity contribution in [2.24, 2.45) is 0 Å². The Hall–Kier alpha value is -1.74. The molecule has 0 aromatic carbocycles. The number of carbonyl (C=O) groups is 1. The van der Waals surface area contributed by atoms with Gasteiger partial charge in [-0.05, 0) is 6.42 Å². The zero-order valence-electron chi connectivity index (χ0n) is 9.26. The molecule has 0 atom stereocenters. The van der Waals surface area contributed by atoms with Crippen LogP contribution in [0, 0.1) is 0 Å². The maximum absolute atomic E-state index is 12.4. The van der Waals surface area contributed by atoms with Crippen LogP contribution in [0.4, 0.5) is 26.3 Å². The standard InChI is InChI=1S/C9H7F6NO3/c1-2-3-4(7(17)18)19-6(16-3)5(8(10,11)12)9(13,14)15/h5H,2H2,1H3,(H,17,18). The molecule has 1 heterocycles. The summed E-state index contributed by atoms with van der Waals surface area (Å²) in [4.78, 5) is 13.6. The van der Waals surface area contributed by atoms with Gasteiger partial charge >= 0.3 is 18.3 Å². The molecule has 0 amide bonds. The minimum Gasteiger partial charge on any atom is -0.475 e. The topological polar surface area (TPSA) is 63.3 Å². The molecule has 19 heavy (non-hydrogen) atoms. The highest BCUT2D eigenvalue weighted by Gasteiger charge is 2.60. The molecule has 0 saturated heterocycles. The van der Waals surface area contributed by atoms with Crippen LogP contribution >= 0.6 is 0 Å². The van der Waals surface area contributed by atoms with E-state index in [0.717, 1.165) is 0 Å². The second kappa shape index (κ2) is 4.74. The van der Waals surface area contributed by atoms with Gasteiger partial charge in [-0.15, -0.1) is 0 Å². The number of carboxylic acid groups (broad SMARTS) is 1. The third-order valence-corrected chi connectivity index (χ3v) is 2.14. The van der Waals surface area contributed by atoms with Crippen molar-refractivity contribution in [2.45, 2.75) is 31.6 Å². The first-order valence-corrected chi connectivity index (χ1v) is 4.84. The molecule has 1 N–H and O–H groups in total. The summed E-state index contributed by atoms with van der Waals surface area (Å²) in [5.41, 5.74) is -0.471. The number of carboxylic acids is 1. The molecule has 0 aliphatic rings. The van der Waals surface area contributed by atoms with Gasteiger partial charge in [0.2, 0.25) is 17.6 Å². The molecule has 108 valence electrons. The van der Waals surface area contributed by atoms with Crippen LogP contribution in [0.25, 0.3) is 0 Å². The van der Waals surface area contributed by atoms with E-state index >= 15 is 0 Å². The smallest absolute Gasteiger partial charge is 0.409 e. The van der Waals surface area contributed by atoms with Gasteiger partial charge in [0.15, 0.2) is 0 Å². The van der Waals surface area contributed by atoms with Gasteiger partial charge in [-0.25, -0.2) is 9.78 Å². The number of aryl methyl sites for hydroxylation is 1. The first kappa shape index (κ1) is 15.3. The number of halogens is 6. The Morgan fingerprint density at radius 1 is 1.26 bits per heavy atom. The number of oxazole rings is 1. The van der Waals surface area contributed by atoms with Crippen LogP contribution in [0.15, 0.2) is 4.42 Å². The number of hydrogen-bond donors (Lipinski definition) is 1. The van der Waals surface area contributed by atoms with Crippen molar-refractivity contribution in [3.8, 4) is 0 Å². The van der Waals surface area contributed by atoms with Crippen molar-refractivity contribution in [1.82, 2.24) is 4.98 Å². The average Bonchev–Trinajstić information content (AvgIpc) is 2.56.